The Kier molecular flexibility index (Phi) is 5.92. The van der Waals surface area contributed by atoms with Gasteiger partial charge in [0.2, 0.25) is 0 Å². The van der Waals surface area contributed by atoms with Gasteiger partial charge in [-0.1, -0.05) is 34.8 Å². The summed E-state index contributed by atoms with van der Waals surface area (Å²) >= 11 is 18.1. The minimum Gasteiger partial charge on any atom is -0.365 e. The van der Waals surface area contributed by atoms with Crippen LogP contribution in [0, 0.1) is 0 Å². The minimum atomic E-state index is -0.584. The molecule has 0 aromatic heterocycles. The molecule has 1 aliphatic rings. The first kappa shape index (κ1) is 18.1. The SMILES string of the molecule is CCN(CCNC)C1=C(Cl)C(=O)N(c2ccc(Cl)cc2Cl)C1=O. The molecular weight excluding hydrogens is 361 g/mol. The first-order valence-corrected chi connectivity index (χ1v) is 8.18. The fourth-order valence-corrected chi connectivity index (χ4v) is 3.10. The van der Waals surface area contributed by atoms with Crippen molar-refractivity contribution in [2.45, 2.75) is 6.92 Å². The van der Waals surface area contributed by atoms with Crippen molar-refractivity contribution in [1.82, 2.24) is 10.2 Å². The first-order chi connectivity index (χ1) is 10.9. The number of carbonyl (C=O) groups is 2. The number of halogens is 3. The van der Waals surface area contributed by atoms with Gasteiger partial charge in [-0.3, -0.25) is 9.59 Å². The van der Waals surface area contributed by atoms with E-state index in [1.165, 1.54) is 12.1 Å². The van der Waals surface area contributed by atoms with E-state index in [0.717, 1.165) is 4.90 Å². The highest BCUT2D eigenvalue weighted by Gasteiger charge is 2.41. The van der Waals surface area contributed by atoms with Gasteiger partial charge in [-0.15, -0.1) is 0 Å². The molecule has 0 saturated heterocycles. The maximum Gasteiger partial charge on any atom is 0.283 e. The topological polar surface area (TPSA) is 52.7 Å². The number of hydrogen-bond acceptors (Lipinski definition) is 4. The third kappa shape index (κ3) is 3.48. The predicted octanol–water partition coefficient (Wildman–Crippen LogP) is 2.86. The summed E-state index contributed by atoms with van der Waals surface area (Å²) in [7, 11) is 1.81. The molecule has 1 aliphatic heterocycles. The number of rotatable bonds is 6. The Morgan fingerprint density at radius 3 is 2.43 bits per heavy atom. The molecule has 1 N–H and O–H groups in total. The van der Waals surface area contributed by atoms with Crippen molar-refractivity contribution < 1.29 is 9.59 Å². The summed E-state index contributed by atoms with van der Waals surface area (Å²) < 4.78 is 0. The van der Waals surface area contributed by atoms with Crippen LogP contribution < -0.4 is 10.2 Å². The Balaban J connectivity index is 2.38. The Bertz CT molecular complexity index is 676. The Hall–Kier alpha value is -1.27. The lowest BCUT2D eigenvalue weighted by atomic mass is 10.3. The number of likely N-dealkylation sites (N-methyl/N-ethyl adjacent to an activating group) is 2. The second kappa shape index (κ2) is 7.53. The van der Waals surface area contributed by atoms with Gasteiger partial charge in [-0.25, -0.2) is 4.90 Å². The van der Waals surface area contributed by atoms with Crippen LogP contribution in [-0.4, -0.2) is 43.4 Å². The molecular formula is C15H16Cl3N3O2. The summed E-state index contributed by atoms with van der Waals surface area (Å²) in [6.07, 6.45) is 0. The third-order valence-electron chi connectivity index (χ3n) is 3.48. The van der Waals surface area contributed by atoms with E-state index < -0.39 is 11.8 Å². The van der Waals surface area contributed by atoms with E-state index in [0.29, 0.717) is 24.7 Å². The molecule has 5 nitrogen and oxygen atoms in total. The lowest BCUT2D eigenvalue weighted by molar-refractivity contribution is -0.121. The van der Waals surface area contributed by atoms with Gasteiger partial charge >= 0.3 is 0 Å². The second-order valence-corrected chi connectivity index (χ2v) is 6.11. The summed E-state index contributed by atoms with van der Waals surface area (Å²) in [5, 5.41) is 3.53. The molecule has 8 heteroatoms. The molecule has 0 spiro atoms. The van der Waals surface area contributed by atoms with E-state index >= 15 is 0 Å². The van der Waals surface area contributed by atoms with E-state index in [-0.39, 0.29) is 21.4 Å². The van der Waals surface area contributed by atoms with Crippen molar-refractivity contribution in [2.75, 3.05) is 31.6 Å². The zero-order valence-electron chi connectivity index (χ0n) is 12.7. The van der Waals surface area contributed by atoms with E-state index in [9.17, 15) is 9.59 Å². The molecule has 0 unspecified atom stereocenters. The van der Waals surface area contributed by atoms with E-state index in [4.69, 9.17) is 34.8 Å². The number of benzene rings is 1. The summed E-state index contributed by atoms with van der Waals surface area (Å²) in [6.45, 7) is 3.65. The van der Waals surface area contributed by atoms with Crippen molar-refractivity contribution in [1.29, 1.82) is 0 Å². The number of imide groups is 1. The van der Waals surface area contributed by atoms with Gasteiger partial charge in [0.15, 0.2) is 0 Å². The molecule has 0 aliphatic carbocycles. The number of nitrogens with zero attached hydrogens (tertiary/aromatic N) is 2. The summed E-state index contributed by atoms with van der Waals surface area (Å²) in [6, 6.07) is 4.56. The molecule has 23 heavy (non-hydrogen) atoms. The predicted molar refractivity (Wildman–Crippen MR) is 93.0 cm³/mol. The summed E-state index contributed by atoms with van der Waals surface area (Å²) in [5.41, 5.74) is 0.462. The Labute approximate surface area is 149 Å². The van der Waals surface area contributed by atoms with Crippen LogP contribution in [0.25, 0.3) is 0 Å². The molecule has 0 atom stereocenters. The van der Waals surface area contributed by atoms with Crippen molar-refractivity contribution in [2.24, 2.45) is 0 Å². The van der Waals surface area contributed by atoms with Crippen LogP contribution in [-0.2, 0) is 9.59 Å². The molecule has 1 heterocycles. The Morgan fingerprint density at radius 1 is 1.17 bits per heavy atom. The first-order valence-electron chi connectivity index (χ1n) is 7.05. The smallest absolute Gasteiger partial charge is 0.283 e. The molecule has 0 radical (unpaired) electrons. The van der Waals surface area contributed by atoms with Gasteiger partial charge in [0.25, 0.3) is 11.8 Å². The fourth-order valence-electron chi connectivity index (χ4n) is 2.32. The monoisotopic (exact) mass is 375 g/mol. The van der Waals surface area contributed by atoms with Crippen molar-refractivity contribution >= 4 is 52.3 Å². The molecule has 124 valence electrons. The van der Waals surface area contributed by atoms with Crippen molar-refractivity contribution in [3.8, 4) is 0 Å². The van der Waals surface area contributed by atoms with Gasteiger partial charge in [0.1, 0.15) is 10.7 Å². The molecule has 1 aromatic carbocycles. The number of amides is 2. The third-order valence-corrected chi connectivity index (χ3v) is 4.36. The highest BCUT2D eigenvalue weighted by Crippen LogP contribution is 2.36. The van der Waals surface area contributed by atoms with Gasteiger partial charge in [0, 0.05) is 24.7 Å². The number of anilines is 1. The molecule has 1 aromatic rings. The highest BCUT2D eigenvalue weighted by atomic mass is 35.5. The van der Waals surface area contributed by atoms with Gasteiger partial charge in [-0.05, 0) is 32.2 Å². The maximum absolute atomic E-state index is 12.7. The maximum atomic E-state index is 12.7. The lowest BCUT2D eigenvalue weighted by Crippen LogP contribution is -2.37. The fraction of sp³-hybridized carbons (Fsp3) is 0.333. The van der Waals surface area contributed by atoms with Crippen molar-refractivity contribution in [3.05, 3.63) is 39.0 Å². The standard InChI is InChI=1S/C15H16Cl3N3O2/c1-3-20(7-6-19-2)13-12(18)14(22)21(15(13)23)11-5-4-9(16)8-10(11)17/h4-5,8,19H,3,6-7H2,1-2H3. The highest BCUT2D eigenvalue weighted by molar-refractivity contribution is 6.53. The average molecular weight is 377 g/mol. The normalized spacial score (nSPS) is 14.9. The van der Waals surface area contributed by atoms with Crippen molar-refractivity contribution in [3.63, 3.8) is 0 Å². The Morgan fingerprint density at radius 2 is 1.87 bits per heavy atom. The average Bonchev–Trinajstić information content (AvgIpc) is 2.72. The molecule has 2 rings (SSSR count). The van der Waals surface area contributed by atoms with E-state index in [1.54, 1.807) is 11.0 Å². The second-order valence-electron chi connectivity index (χ2n) is 4.89. The lowest BCUT2D eigenvalue weighted by Gasteiger charge is -2.24. The van der Waals surface area contributed by atoms with E-state index in [1.807, 2.05) is 14.0 Å². The van der Waals surface area contributed by atoms with Crippen LogP contribution in [0.15, 0.2) is 28.9 Å². The van der Waals surface area contributed by atoms with Crippen LogP contribution in [0.3, 0.4) is 0 Å². The largest absolute Gasteiger partial charge is 0.365 e. The van der Waals surface area contributed by atoms with Crippen LogP contribution in [0.1, 0.15) is 6.92 Å². The molecule has 0 saturated carbocycles. The molecule has 0 bridgehead atoms. The van der Waals surface area contributed by atoms with Crippen LogP contribution in [0.4, 0.5) is 5.69 Å². The molecule has 0 fully saturated rings. The summed E-state index contributed by atoms with van der Waals surface area (Å²) in [5.74, 6) is -1.07. The molecule has 2 amide bonds. The number of hydrogen-bond donors (Lipinski definition) is 1. The zero-order chi connectivity index (χ0) is 17.1. The van der Waals surface area contributed by atoms with Crippen LogP contribution in [0.2, 0.25) is 10.0 Å². The van der Waals surface area contributed by atoms with Crippen LogP contribution >= 0.6 is 34.8 Å². The number of nitrogens with one attached hydrogen (secondary N) is 1. The summed E-state index contributed by atoms with van der Waals surface area (Å²) in [4.78, 5) is 27.9. The quantitative estimate of drug-likeness (QED) is 0.776. The van der Waals surface area contributed by atoms with Crippen LogP contribution in [0.5, 0.6) is 0 Å². The zero-order valence-corrected chi connectivity index (χ0v) is 15.0. The minimum absolute atomic E-state index is 0.0982. The van der Waals surface area contributed by atoms with Gasteiger partial charge in [0.05, 0.1) is 10.7 Å². The van der Waals surface area contributed by atoms with Gasteiger partial charge < -0.3 is 10.2 Å². The van der Waals surface area contributed by atoms with E-state index in [2.05, 4.69) is 5.32 Å². The number of carbonyl (C=O) groups excluding carboxylic acids is 2. The van der Waals surface area contributed by atoms with Gasteiger partial charge in [-0.2, -0.15) is 0 Å².